The van der Waals surface area contributed by atoms with E-state index in [0.717, 1.165) is 32.1 Å². The first-order valence-electron chi connectivity index (χ1n) is 11.2. The van der Waals surface area contributed by atoms with Crippen LogP contribution in [0.15, 0.2) is 52.9 Å². The smallest absolute Gasteiger partial charge is 0.192 e. The average molecular weight is 474 g/mol. The highest BCUT2D eigenvalue weighted by Gasteiger charge is 2.39. The van der Waals surface area contributed by atoms with Crippen LogP contribution in [0.4, 0.5) is 0 Å². The maximum Gasteiger partial charge on any atom is 0.192 e. The molecule has 1 aromatic carbocycles. The Labute approximate surface area is 197 Å². The second kappa shape index (κ2) is 11.7. The zero-order valence-electron chi connectivity index (χ0n) is 20.6. The molecule has 1 heterocycles. The van der Waals surface area contributed by atoms with Crippen molar-refractivity contribution in [2.45, 2.75) is 78.6 Å². The van der Waals surface area contributed by atoms with Crippen molar-refractivity contribution in [3.05, 3.63) is 63.6 Å². The Bertz CT molecular complexity index is 880. The topological polar surface area (TPSA) is 22.1 Å². The van der Waals surface area contributed by atoms with Crippen LogP contribution in [0.5, 0.6) is 0 Å². The van der Waals surface area contributed by atoms with Crippen LogP contribution in [0, 0.1) is 6.92 Å². The molecule has 5 heteroatoms. The molecule has 0 bridgehead atoms. The molecule has 2 nitrogen and oxygen atoms in total. The third-order valence-electron chi connectivity index (χ3n) is 6.07. The fraction of sp³-hybridized carbons (Fsp3) is 0.500. The Balaban J connectivity index is 2.08. The molecule has 1 aromatic heterocycles. The lowest BCUT2D eigenvalue weighted by molar-refractivity contribution is 0.217. The number of hydrogen-bond donors (Lipinski definition) is 0. The molecule has 0 spiro atoms. The molecule has 0 aliphatic rings. The van der Waals surface area contributed by atoms with E-state index in [2.05, 4.69) is 107 Å². The van der Waals surface area contributed by atoms with E-state index in [1.165, 1.54) is 22.6 Å². The molecule has 2 atom stereocenters. The van der Waals surface area contributed by atoms with Gasteiger partial charge in [0, 0.05) is 5.38 Å². The number of allylic oxidation sites excluding steroid dienone is 1. The average Bonchev–Trinajstić information content (AvgIpc) is 3.09. The summed E-state index contributed by atoms with van der Waals surface area (Å²) < 4.78 is 6.87. The number of thiazole rings is 1. The molecular weight excluding hydrogens is 433 g/mol. The van der Waals surface area contributed by atoms with E-state index in [-0.39, 0.29) is 11.1 Å². The molecule has 0 saturated carbocycles. The van der Waals surface area contributed by atoms with Crippen molar-refractivity contribution < 1.29 is 4.43 Å². The van der Waals surface area contributed by atoms with Gasteiger partial charge >= 0.3 is 0 Å². The molecule has 170 valence electrons. The molecule has 0 amide bonds. The van der Waals surface area contributed by atoms with Gasteiger partial charge in [0.05, 0.1) is 16.8 Å². The Kier molecular flexibility index (Phi) is 9.88. The van der Waals surface area contributed by atoms with Crippen LogP contribution < -0.4 is 5.30 Å². The minimum Gasteiger partial charge on any atom is -0.410 e. The summed E-state index contributed by atoms with van der Waals surface area (Å²) in [5.41, 5.74) is 3.78. The van der Waals surface area contributed by atoms with Gasteiger partial charge in [0.1, 0.15) is 0 Å². The highest BCUT2D eigenvalue weighted by Crippen LogP contribution is 2.38. The Morgan fingerprint density at radius 2 is 1.87 bits per heavy atom. The van der Waals surface area contributed by atoms with Crippen molar-refractivity contribution in [1.82, 2.24) is 4.98 Å². The van der Waals surface area contributed by atoms with Crippen LogP contribution in [0.2, 0.25) is 18.1 Å². The minimum absolute atomic E-state index is 0.106. The van der Waals surface area contributed by atoms with E-state index in [4.69, 9.17) is 4.43 Å². The third-order valence-corrected chi connectivity index (χ3v) is 12.6. The van der Waals surface area contributed by atoms with Gasteiger partial charge in [-0.25, -0.2) is 4.98 Å². The van der Waals surface area contributed by atoms with Gasteiger partial charge in [0.15, 0.2) is 8.32 Å². The number of nitrogens with zero attached hydrogens (tertiary/aromatic N) is 1. The zero-order chi connectivity index (χ0) is 23.1. The van der Waals surface area contributed by atoms with Crippen LogP contribution in [0.3, 0.4) is 0 Å². The van der Waals surface area contributed by atoms with Gasteiger partial charge in [-0.2, -0.15) is 0 Å². The lowest BCUT2D eigenvalue weighted by Gasteiger charge is -2.39. The maximum atomic E-state index is 6.87. The molecule has 1 unspecified atom stereocenters. The molecule has 2 aromatic rings. The van der Waals surface area contributed by atoms with Gasteiger partial charge in [-0.15, -0.1) is 11.3 Å². The first-order chi connectivity index (χ1) is 14.5. The molecular formula is C26H40NOPSSi. The van der Waals surface area contributed by atoms with Crippen LogP contribution >= 0.6 is 19.9 Å². The monoisotopic (exact) mass is 473 g/mol. The van der Waals surface area contributed by atoms with E-state index in [1.807, 2.05) is 0 Å². The van der Waals surface area contributed by atoms with E-state index >= 15 is 0 Å². The predicted molar refractivity (Wildman–Crippen MR) is 145 cm³/mol. The summed E-state index contributed by atoms with van der Waals surface area (Å²) in [6.07, 6.45) is 8.01. The Morgan fingerprint density at radius 1 is 1.19 bits per heavy atom. The minimum atomic E-state index is -1.87. The van der Waals surface area contributed by atoms with Crippen LogP contribution in [-0.2, 0) is 4.43 Å². The van der Waals surface area contributed by atoms with E-state index in [0.29, 0.717) is 0 Å². The third kappa shape index (κ3) is 8.77. The van der Waals surface area contributed by atoms with Gasteiger partial charge in [0.2, 0.25) is 0 Å². The number of aryl methyl sites for hydroxylation is 1. The summed E-state index contributed by atoms with van der Waals surface area (Å²) in [5.74, 6) is 0. The number of rotatable bonds is 10. The van der Waals surface area contributed by atoms with Gasteiger partial charge < -0.3 is 4.43 Å². The predicted octanol–water partition coefficient (Wildman–Crippen LogP) is 7.98. The van der Waals surface area contributed by atoms with Gasteiger partial charge in [0.25, 0.3) is 0 Å². The summed E-state index contributed by atoms with van der Waals surface area (Å²) in [7, 11) is -0.996. The number of benzene rings is 1. The highest BCUT2D eigenvalue weighted by atomic mass is 32.1. The van der Waals surface area contributed by atoms with Crippen molar-refractivity contribution in [1.29, 1.82) is 0 Å². The zero-order valence-corrected chi connectivity index (χ0v) is 23.4. The highest BCUT2D eigenvalue weighted by molar-refractivity contribution is 7.47. The van der Waals surface area contributed by atoms with E-state index < -0.39 is 8.32 Å². The first kappa shape index (κ1) is 26.2. The Hall–Kier alpha value is -1.06. The van der Waals surface area contributed by atoms with Gasteiger partial charge in [-0.05, 0) is 74.9 Å². The molecule has 0 aliphatic heterocycles. The Morgan fingerprint density at radius 3 is 2.45 bits per heavy atom. The molecule has 0 N–H and O–H groups in total. The SMILES string of the molecule is C/C(=C/C[C@H](O[Si](C)(C)C(C)(C)C)/C(C)=C/c1csc(C)n1)CCPc1ccccc1. The molecule has 31 heavy (non-hydrogen) atoms. The molecule has 0 saturated heterocycles. The summed E-state index contributed by atoms with van der Waals surface area (Å²) >= 11 is 1.70. The van der Waals surface area contributed by atoms with Crippen molar-refractivity contribution in [3.63, 3.8) is 0 Å². The summed E-state index contributed by atoms with van der Waals surface area (Å²) in [4.78, 5) is 4.63. The fourth-order valence-corrected chi connectivity index (χ4v) is 6.16. The van der Waals surface area contributed by atoms with Crippen LogP contribution in [-0.4, -0.2) is 25.6 Å². The van der Waals surface area contributed by atoms with Gasteiger partial charge in [-0.1, -0.05) is 71.3 Å². The van der Waals surface area contributed by atoms with Crippen molar-refractivity contribution in [3.8, 4) is 0 Å². The number of hydrogen-bond acceptors (Lipinski definition) is 3. The van der Waals surface area contributed by atoms with Crippen molar-refractivity contribution >= 4 is 39.6 Å². The standard InChI is InChI=1S/C26H40NOPSSi/c1-20(16-17-29-24-12-10-9-11-13-24)14-15-25(28-31(7,8)26(4,5)6)21(2)18-23-19-30-22(3)27-23/h9-14,18-19,25,29H,15-17H2,1-8H3/b20-14-,21-18+/t25-/m0/s1. The molecule has 0 radical (unpaired) electrons. The molecule has 0 aliphatic carbocycles. The fourth-order valence-electron chi connectivity index (χ4n) is 3.00. The van der Waals surface area contributed by atoms with E-state index in [1.54, 1.807) is 11.3 Å². The second-order valence-electron chi connectivity index (χ2n) is 9.88. The molecule has 2 rings (SSSR count). The number of aromatic nitrogens is 1. The van der Waals surface area contributed by atoms with Crippen LogP contribution in [0.25, 0.3) is 6.08 Å². The summed E-state index contributed by atoms with van der Waals surface area (Å²) in [6, 6.07) is 10.8. The summed E-state index contributed by atoms with van der Waals surface area (Å²) in [5, 5.41) is 4.88. The normalized spacial score (nSPS) is 15.1. The van der Waals surface area contributed by atoms with Gasteiger partial charge in [-0.3, -0.25) is 0 Å². The lowest BCUT2D eigenvalue weighted by Crippen LogP contribution is -2.44. The molecule has 0 fully saturated rings. The largest absolute Gasteiger partial charge is 0.410 e. The van der Waals surface area contributed by atoms with E-state index in [9.17, 15) is 0 Å². The maximum absolute atomic E-state index is 6.87. The quantitative estimate of drug-likeness (QED) is 0.198. The van der Waals surface area contributed by atoms with Crippen LogP contribution in [0.1, 0.15) is 58.2 Å². The van der Waals surface area contributed by atoms with Crippen molar-refractivity contribution in [2.75, 3.05) is 6.16 Å². The van der Waals surface area contributed by atoms with Crippen molar-refractivity contribution in [2.24, 2.45) is 0 Å². The lowest BCUT2D eigenvalue weighted by atomic mass is 10.1. The first-order valence-corrected chi connectivity index (χ1v) is 16.2. The second-order valence-corrected chi connectivity index (χ2v) is 17.1. The summed E-state index contributed by atoms with van der Waals surface area (Å²) in [6.45, 7) is 18.1.